The number of anilines is 1. The zero-order valence-corrected chi connectivity index (χ0v) is 11.0. The van der Waals surface area contributed by atoms with E-state index in [1.807, 2.05) is 0 Å². The van der Waals surface area contributed by atoms with Gasteiger partial charge >= 0.3 is 6.18 Å². The highest BCUT2D eigenvalue weighted by Crippen LogP contribution is 2.32. The van der Waals surface area contributed by atoms with E-state index in [-0.39, 0.29) is 12.2 Å². The molecule has 0 unspecified atom stereocenters. The number of hydrogen-bond donors (Lipinski definition) is 1. The van der Waals surface area contributed by atoms with Gasteiger partial charge in [-0.05, 0) is 29.8 Å². The van der Waals surface area contributed by atoms with Crippen molar-refractivity contribution in [1.82, 2.24) is 0 Å². The minimum Gasteiger partial charge on any atom is -0.271 e. The fourth-order valence-corrected chi connectivity index (χ4v) is 1.86. The number of alkyl halides is 3. The van der Waals surface area contributed by atoms with Gasteiger partial charge in [0, 0.05) is 5.02 Å². The zero-order chi connectivity index (χ0) is 14.6. The van der Waals surface area contributed by atoms with Gasteiger partial charge in [-0.3, -0.25) is 10.3 Å². The summed E-state index contributed by atoms with van der Waals surface area (Å²) >= 11 is 5.78. The number of benzene rings is 2. The summed E-state index contributed by atoms with van der Waals surface area (Å²) in [6, 6.07) is 12.0. The molecule has 2 aromatic rings. The van der Waals surface area contributed by atoms with Gasteiger partial charge in [0.05, 0.1) is 11.3 Å². The van der Waals surface area contributed by atoms with E-state index >= 15 is 0 Å². The highest BCUT2D eigenvalue weighted by atomic mass is 35.5. The van der Waals surface area contributed by atoms with Gasteiger partial charge in [0.1, 0.15) is 6.61 Å². The Morgan fingerprint density at radius 3 is 2.50 bits per heavy atom. The first-order valence-corrected chi connectivity index (χ1v) is 6.13. The van der Waals surface area contributed by atoms with E-state index in [9.17, 15) is 13.2 Å². The molecule has 0 radical (unpaired) electrons. The van der Waals surface area contributed by atoms with E-state index in [2.05, 4.69) is 5.48 Å². The highest BCUT2D eigenvalue weighted by molar-refractivity contribution is 6.30. The Bertz CT molecular complexity index is 587. The SMILES string of the molecule is FC(F)(F)c1ccccc1CONc1cccc(Cl)c1. The monoisotopic (exact) mass is 301 g/mol. The number of hydrogen-bond acceptors (Lipinski definition) is 2. The topological polar surface area (TPSA) is 21.3 Å². The van der Waals surface area contributed by atoms with Crippen molar-refractivity contribution >= 4 is 17.3 Å². The van der Waals surface area contributed by atoms with Crippen LogP contribution in [0.3, 0.4) is 0 Å². The minimum absolute atomic E-state index is 0.0644. The van der Waals surface area contributed by atoms with Crippen molar-refractivity contribution in [2.75, 3.05) is 5.48 Å². The lowest BCUT2D eigenvalue weighted by atomic mass is 10.1. The molecule has 20 heavy (non-hydrogen) atoms. The molecule has 0 aliphatic carbocycles. The van der Waals surface area contributed by atoms with Crippen LogP contribution in [0.25, 0.3) is 0 Å². The van der Waals surface area contributed by atoms with Crippen LogP contribution in [0.4, 0.5) is 18.9 Å². The summed E-state index contributed by atoms with van der Waals surface area (Å²) in [6.45, 7) is -0.206. The lowest BCUT2D eigenvalue weighted by molar-refractivity contribution is -0.138. The quantitative estimate of drug-likeness (QED) is 0.811. The third-order valence-electron chi connectivity index (χ3n) is 2.57. The van der Waals surface area contributed by atoms with E-state index in [1.165, 1.54) is 18.2 Å². The van der Waals surface area contributed by atoms with E-state index in [0.29, 0.717) is 10.7 Å². The Labute approximate surface area is 119 Å². The van der Waals surface area contributed by atoms with Crippen LogP contribution < -0.4 is 5.48 Å². The molecule has 106 valence electrons. The molecule has 0 heterocycles. The predicted molar refractivity (Wildman–Crippen MR) is 71.3 cm³/mol. The molecule has 2 nitrogen and oxygen atoms in total. The number of rotatable bonds is 4. The Balaban J connectivity index is 2.01. The van der Waals surface area contributed by atoms with Crippen LogP contribution in [0, 0.1) is 0 Å². The van der Waals surface area contributed by atoms with Gasteiger partial charge in [-0.15, -0.1) is 0 Å². The molecule has 0 bridgehead atoms. The Hall–Kier alpha value is -1.72. The maximum atomic E-state index is 12.8. The van der Waals surface area contributed by atoms with Gasteiger partial charge in [-0.1, -0.05) is 35.9 Å². The maximum Gasteiger partial charge on any atom is 0.416 e. The summed E-state index contributed by atoms with van der Waals surface area (Å²) in [5, 5.41) is 0.509. The third kappa shape index (κ3) is 3.88. The van der Waals surface area contributed by atoms with Crippen molar-refractivity contribution in [3.63, 3.8) is 0 Å². The average Bonchev–Trinajstić information content (AvgIpc) is 2.38. The van der Waals surface area contributed by atoms with E-state index in [1.54, 1.807) is 24.3 Å². The molecule has 2 rings (SSSR count). The normalized spacial score (nSPS) is 11.4. The van der Waals surface area contributed by atoms with E-state index in [0.717, 1.165) is 6.07 Å². The van der Waals surface area contributed by atoms with Crippen molar-refractivity contribution in [2.45, 2.75) is 12.8 Å². The summed E-state index contributed by atoms with van der Waals surface area (Å²) in [7, 11) is 0. The molecule has 0 amide bonds. The molecular weight excluding hydrogens is 291 g/mol. The molecule has 0 saturated carbocycles. The van der Waals surface area contributed by atoms with E-state index in [4.69, 9.17) is 16.4 Å². The van der Waals surface area contributed by atoms with Crippen molar-refractivity contribution in [1.29, 1.82) is 0 Å². The first-order valence-electron chi connectivity index (χ1n) is 5.75. The lowest BCUT2D eigenvalue weighted by Crippen LogP contribution is -2.11. The molecule has 0 saturated heterocycles. The summed E-state index contributed by atoms with van der Waals surface area (Å²) in [6.07, 6.45) is -4.39. The molecule has 1 N–H and O–H groups in total. The fourth-order valence-electron chi connectivity index (χ4n) is 1.67. The second kappa shape index (κ2) is 6.15. The van der Waals surface area contributed by atoms with Gasteiger partial charge < -0.3 is 0 Å². The predicted octanol–water partition coefficient (Wildman–Crippen LogP) is 4.90. The second-order valence-electron chi connectivity index (χ2n) is 4.06. The Morgan fingerprint density at radius 1 is 1.05 bits per heavy atom. The van der Waals surface area contributed by atoms with Gasteiger partial charge in [-0.25, -0.2) is 0 Å². The second-order valence-corrected chi connectivity index (χ2v) is 4.49. The molecular formula is C14H11ClF3NO. The third-order valence-corrected chi connectivity index (χ3v) is 2.80. The van der Waals surface area contributed by atoms with E-state index < -0.39 is 11.7 Å². The van der Waals surface area contributed by atoms with Gasteiger partial charge in [-0.2, -0.15) is 13.2 Å². The first-order chi connectivity index (χ1) is 9.47. The first kappa shape index (κ1) is 14.7. The van der Waals surface area contributed by atoms with Crippen molar-refractivity contribution in [3.8, 4) is 0 Å². The molecule has 0 aliphatic rings. The molecule has 0 aliphatic heterocycles. The standard InChI is InChI=1S/C14H11ClF3NO/c15-11-5-3-6-12(8-11)19-20-9-10-4-1-2-7-13(10)14(16,17)18/h1-8,19H,9H2. The smallest absolute Gasteiger partial charge is 0.271 e. The molecule has 0 aromatic heterocycles. The summed E-state index contributed by atoms with van der Waals surface area (Å²) in [5.74, 6) is 0. The number of nitrogens with one attached hydrogen (secondary N) is 1. The van der Waals surface area contributed by atoms with Crippen LogP contribution >= 0.6 is 11.6 Å². The molecule has 6 heteroatoms. The van der Waals surface area contributed by atoms with Gasteiger partial charge in [0.25, 0.3) is 0 Å². The largest absolute Gasteiger partial charge is 0.416 e. The molecule has 0 atom stereocenters. The van der Waals surface area contributed by atoms with Crippen molar-refractivity contribution in [2.24, 2.45) is 0 Å². The summed E-state index contributed by atoms with van der Waals surface area (Å²) in [5.41, 5.74) is 2.50. The molecule has 2 aromatic carbocycles. The lowest BCUT2D eigenvalue weighted by Gasteiger charge is -2.13. The van der Waals surface area contributed by atoms with Crippen LogP contribution in [-0.4, -0.2) is 0 Å². The van der Waals surface area contributed by atoms with Crippen LogP contribution in [0.5, 0.6) is 0 Å². The van der Waals surface area contributed by atoms with Crippen molar-refractivity contribution < 1.29 is 18.0 Å². The Morgan fingerprint density at radius 2 is 1.80 bits per heavy atom. The Kier molecular flexibility index (Phi) is 4.52. The van der Waals surface area contributed by atoms with Crippen LogP contribution in [0.2, 0.25) is 5.02 Å². The number of halogens is 4. The minimum atomic E-state index is -4.39. The highest BCUT2D eigenvalue weighted by Gasteiger charge is 2.32. The van der Waals surface area contributed by atoms with Crippen LogP contribution in [0.15, 0.2) is 48.5 Å². The maximum absolute atomic E-state index is 12.8. The van der Waals surface area contributed by atoms with Crippen molar-refractivity contribution in [3.05, 3.63) is 64.7 Å². The molecule has 0 fully saturated rings. The fraction of sp³-hybridized carbons (Fsp3) is 0.143. The van der Waals surface area contributed by atoms with Gasteiger partial charge in [0.2, 0.25) is 0 Å². The summed E-state index contributed by atoms with van der Waals surface area (Å²) < 4.78 is 38.3. The van der Waals surface area contributed by atoms with Crippen LogP contribution in [-0.2, 0) is 17.6 Å². The molecule has 0 spiro atoms. The summed E-state index contributed by atoms with van der Waals surface area (Å²) in [4.78, 5) is 5.09. The zero-order valence-electron chi connectivity index (χ0n) is 10.2. The van der Waals surface area contributed by atoms with Gasteiger partial charge in [0.15, 0.2) is 0 Å². The average molecular weight is 302 g/mol. The van der Waals surface area contributed by atoms with Crippen LogP contribution in [0.1, 0.15) is 11.1 Å².